The minimum atomic E-state index is -2.82. The molecule has 0 aromatic heterocycles. The molecule has 3 rings (SSSR count). The Morgan fingerprint density at radius 3 is 1.03 bits per heavy atom. The van der Waals surface area contributed by atoms with Crippen LogP contribution in [0, 0.1) is 53.2 Å². The van der Waals surface area contributed by atoms with Crippen LogP contribution in [0.3, 0.4) is 0 Å². The van der Waals surface area contributed by atoms with Crippen LogP contribution in [0.5, 0.6) is 0 Å². The number of hydrogen-bond acceptors (Lipinski definition) is 15. The number of amides is 3. The number of nitrogens with one attached hydrogen (secondary N) is 3. The minimum absolute atomic E-state index is 0. The SMILES string of the molecule is C.C.C.C.C.[2H]C(C)(C)C([2H])([2H])C([2H])([2H])NC(=O)[C@@H](CC(=O)[C@H]1O[C@@H]1C(=O)OCC)CC(C)C.[2H]C([2H])([2H])C([2H])(C)CCNC(=O)[C@@H](CC(=O)[C@H]1O[C@@H]1C(=O)OCC)CC(C)C.[2H]C([2H])([2H])C([2H])(C)CCNC(=O)[C@@H](CC(=O)[C@H]1O[C@@H]1C(=O)OCC)CC([2H])(C)C([2H])([2H])[2H]. The van der Waals surface area contributed by atoms with Crippen LogP contribution in [-0.2, 0) is 71.6 Å². The van der Waals surface area contributed by atoms with E-state index in [4.69, 9.17) is 51.7 Å². The Morgan fingerprint density at radius 1 is 0.455 bits per heavy atom. The summed E-state index contributed by atoms with van der Waals surface area (Å²) in [7, 11) is 0. The molecule has 0 saturated carbocycles. The summed E-state index contributed by atoms with van der Waals surface area (Å²) < 4.78 is 160. The van der Waals surface area contributed by atoms with Gasteiger partial charge in [0, 0.05) is 79.9 Å². The van der Waals surface area contributed by atoms with Gasteiger partial charge in [0.25, 0.3) is 0 Å². The molecule has 3 N–H and O–H groups in total. The van der Waals surface area contributed by atoms with Gasteiger partial charge in [-0.25, -0.2) is 14.4 Å². The molecule has 0 aromatic carbocycles. The Bertz CT molecular complexity index is 2430. The van der Waals surface area contributed by atoms with E-state index in [0.29, 0.717) is 6.42 Å². The first-order valence-corrected chi connectivity index (χ1v) is 24.6. The van der Waals surface area contributed by atoms with Gasteiger partial charge in [-0.15, -0.1) is 0 Å². The van der Waals surface area contributed by atoms with Crippen LogP contribution in [0.15, 0.2) is 0 Å². The van der Waals surface area contributed by atoms with Crippen molar-refractivity contribution < 1.29 is 94.9 Å². The van der Waals surface area contributed by atoms with Gasteiger partial charge in [-0.2, -0.15) is 0 Å². The Kier molecular flexibility index (Phi) is 28.8. The van der Waals surface area contributed by atoms with Gasteiger partial charge in [-0.3, -0.25) is 28.8 Å². The van der Waals surface area contributed by atoms with Crippen molar-refractivity contribution in [1.29, 1.82) is 0 Å². The molecule has 18 nitrogen and oxygen atoms in total. The van der Waals surface area contributed by atoms with Crippen molar-refractivity contribution in [3.63, 3.8) is 0 Å². The second-order valence-electron chi connectivity index (χ2n) is 18.9. The quantitative estimate of drug-likeness (QED) is 0.0314. The summed E-state index contributed by atoms with van der Waals surface area (Å²) in [5.74, 6) is -15.2. The number of carbonyl (C=O) groups excluding carboxylic acids is 9. The summed E-state index contributed by atoms with van der Waals surface area (Å²) in [6.45, 7) is 8.22. The second kappa shape index (κ2) is 42.6. The van der Waals surface area contributed by atoms with Gasteiger partial charge in [-0.05, 0) is 94.7 Å². The lowest BCUT2D eigenvalue weighted by Crippen LogP contribution is -2.35. The summed E-state index contributed by atoms with van der Waals surface area (Å²) >= 11 is 0. The first-order chi connectivity index (χ1) is 40.2. The van der Waals surface area contributed by atoms with Crippen molar-refractivity contribution in [2.45, 2.75) is 235 Å². The fourth-order valence-electron chi connectivity index (χ4n) is 7.05. The molecule has 3 saturated heterocycles. The number of ketones is 3. The van der Waals surface area contributed by atoms with E-state index in [1.54, 1.807) is 20.8 Å². The third kappa shape index (κ3) is 34.4. The van der Waals surface area contributed by atoms with Crippen LogP contribution >= 0.6 is 0 Å². The summed E-state index contributed by atoms with van der Waals surface area (Å²) in [5, 5.41) is 7.13. The molecule has 12 atom stereocenters. The summed E-state index contributed by atoms with van der Waals surface area (Å²) in [4.78, 5) is 110. The zero-order chi connectivity index (χ0) is 69.6. The van der Waals surface area contributed by atoms with Crippen LogP contribution in [-0.4, -0.2) is 129 Å². The van der Waals surface area contributed by atoms with Gasteiger partial charge in [0.05, 0.1) is 19.8 Å². The van der Waals surface area contributed by atoms with Gasteiger partial charge in [0.2, 0.25) is 17.7 Å². The maximum Gasteiger partial charge on any atom is 0.338 e. The standard InChI is InChI=1S/3C18H31NO5.5CH4/c3*1-6-23-18(22)16-15(24-16)14(20)10-13(9-12(4)5)17(21)19-8-7-11(2)3;;;;;/h3*11-13,15-16H,6-10H2,1-5H3,(H,19,21);5*1H4/t3*13-,15-,16+;;;;;/m111...../s1/i2D3,4D3,11D,12D;7D2,8D2,11D;2D3,11D;;;;;/t11?,12?,13-,15-,16+;m;11?,13-,15-,16+;;;;;. The number of epoxide rings is 3. The van der Waals surface area contributed by atoms with Gasteiger partial charge < -0.3 is 44.4 Å². The number of rotatable bonds is 33. The molecular weight excluding hydrogens is 991 g/mol. The molecule has 0 aromatic rings. The average molecular weight is 1120 g/mol. The zero-order valence-electron chi connectivity index (χ0n) is 61.2. The van der Waals surface area contributed by atoms with Crippen LogP contribution in [0.1, 0.15) is 222 Å². The minimum Gasteiger partial charge on any atom is -0.464 e. The molecule has 0 radical (unpaired) electrons. The summed E-state index contributed by atoms with van der Waals surface area (Å²) in [6.07, 6.45) is -9.35. The van der Waals surface area contributed by atoms with E-state index in [0.717, 1.165) is 6.92 Å². The first-order valence-electron chi connectivity index (χ1n) is 33.1. The van der Waals surface area contributed by atoms with Crippen molar-refractivity contribution in [3.05, 3.63) is 0 Å². The van der Waals surface area contributed by atoms with Crippen LogP contribution in [0.4, 0.5) is 0 Å². The lowest BCUT2D eigenvalue weighted by atomic mass is 9.90. The number of Topliss-reactive ketones (excluding diaryl/α,β-unsaturated/α-hetero) is 3. The number of carbonyl (C=O) groups is 9. The summed E-state index contributed by atoms with van der Waals surface area (Å²) in [6, 6.07) is 0. The highest BCUT2D eigenvalue weighted by molar-refractivity contribution is 5.98. The largest absolute Gasteiger partial charge is 0.464 e. The van der Waals surface area contributed by atoms with Gasteiger partial charge in [-0.1, -0.05) is 120 Å². The fraction of sp³-hybridized carbons (Fsp3) is 0.847. The molecule has 3 aliphatic rings. The molecule has 0 aliphatic carbocycles. The normalized spacial score (nSPS) is 26.0. The molecule has 77 heavy (non-hydrogen) atoms. The molecule has 3 unspecified atom stereocenters. The Hall–Kier alpha value is -4.29. The van der Waals surface area contributed by atoms with Crippen molar-refractivity contribution in [3.8, 4) is 0 Å². The van der Waals surface area contributed by atoms with E-state index in [1.165, 1.54) is 27.7 Å². The van der Waals surface area contributed by atoms with Crippen molar-refractivity contribution in [1.82, 2.24) is 16.0 Å². The van der Waals surface area contributed by atoms with E-state index >= 15 is 0 Å². The topological polar surface area (TPSA) is 255 Å². The second-order valence-corrected chi connectivity index (χ2v) is 18.9. The number of esters is 3. The van der Waals surface area contributed by atoms with Gasteiger partial charge in [0.15, 0.2) is 54.0 Å². The molecule has 3 amide bonds. The average Bonchev–Trinajstić information content (AvgIpc) is 0.906. The molecule has 3 aliphatic heterocycles. The van der Waals surface area contributed by atoms with Crippen LogP contribution < -0.4 is 16.0 Å². The highest BCUT2D eigenvalue weighted by atomic mass is 16.7. The van der Waals surface area contributed by atoms with Crippen molar-refractivity contribution in [2.24, 2.45) is 53.2 Å². The summed E-state index contributed by atoms with van der Waals surface area (Å²) in [5.41, 5.74) is 0. The van der Waals surface area contributed by atoms with Crippen molar-refractivity contribution in [2.75, 3.05) is 39.4 Å². The molecule has 0 bridgehead atoms. The molecular formula is C59H113N3O15. The smallest absolute Gasteiger partial charge is 0.338 e. The van der Waals surface area contributed by atoms with Gasteiger partial charge in [0.1, 0.15) is 0 Å². The number of hydrogen-bond donors (Lipinski definition) is 3. The third-order valence-corrected chi connectivity index (χ3v) is 10.6. The monoisotopic (exact) mass is 1120 g/mol. The Balaban J connectivity index is -0.000000411. The third-order valence-electron chi connectivity index (χ3n) is 10.6. The highest BCUT2D eigenvalue weighted by Gasteiger charge is 2.53. The molecule has 454 valence electrons. The Labute approximate surface area is 491 Å². The molecule has 3 heterocycles. The maximum absolute atomic E-state index is 12.7. The zero-order valence-corrected chi connectivity index (χ0v) is 44.2. The predicted octanol–water partition coefficient (Wildman–Crippen LogP) is 9.48. The van der Waals surface area contributed by atoms with Crippen molar-refractivity contribution >= 4 is 53.0 Å². The molecule has 0 spiro atoms. The van der Waals surface area contributed by atoms with E-state index < -0.39 is 166 Å². The lowest BCUT2D eigenvalue weighted by molar-refractivity contribution is -0.145. The Morgan fingerprint density at radius 2 is 0.753 bits per heavy atom. The predicted molar refractivity (Wildman–Crippen MR) is 305 cm³/mol. The van der Waals surface area contributed by atoms with E-state index in [9.17, 15) is 43.2 Å². The fourth-order valence-corrected chi connectivity index (χ4v) is 7.05. The highest BCUT2D eigenvalue weighted by Crippen LogP contribution is 2.31. The van der Waals surface area contributed by atoms with Gasteiger partial charge >= 0.3 is 17.9 Å². The maximum atomic E-state index is 12.7. The van der Waals surface area contributed by atoms with E-state index in [1.807, 2.05) is 33.0 Å². The number of ether oxygens (including phenoxy) is 6. The first kappa shape index (κ1) is 52.1. The van der Waals surface area contributed by atoms with Crippen LogP contribution in [0.2, 0.25) is 0 Å². The van der Waals surface area contributed by atoms with E-state index in [2.05, 4.69) is 10.6 Å². The molecule has 3 fully saturated rings. The molecule has 18 heteroatoms. The lowest BCUT2D eigenvalue weighted by Gasteiger charge is -2.18. The van der Waals surface area contributed by atoms with E-state index in [-0.39, 0.29) is 126 Å². The van der Waals surface area contributed by atoms with Crippen LogP contribution in [0.25, 0.3) is 0 Å².